The Balaban J connectivity index is 2.35. The smallest absolute Gasteiger partial charge is 0.321 e. The van der Waals surface area contributed by atoms with Crippen LogP contribution in [0.4, 0.5) is 0 Å². The average Bonchev–Trinajstić information content (AvgIpc) is 1.61. The molecule has 0 radical (unpaired) electrons. The Labute approximate surface area is 54.1 Å². The summed E-state index contributed by atoms with van der Waals surface area (Å²) < 4.78 is 0. The first-order chi connectivity index (χ1) is 4.25. The predicted octanol–water partition coefficient (Wildman–Crippen LogP) is 0.0690. The Morgan fingerprint density at radius 2 is 2.56 bits per heavy atom. The van der Waals surface area contributed by atoms with Gasteiger partial charge in [0.1, 0.15) is 6.04 Å². The zero-order valence-electron chi connectivity index (χ0n) is 5.42. The zero-order chi connectivity index (χ0) is 6.85. The van der Waals surface area contributed by atoms with Crippen molar-refractivity contribution in [3.8, 4) is 0 Å². The molecule has 52 valence electrons. The summed E-state index contributed by atoms with van der Waals surface area (Å²) in [6, 6.07) is -0.269. The molecule has 1 rings (SSSR count). The van der Waals surface area contributed by atoms with Crippen LogP contribution in [0.5, 0.6) is 0 Å². The standard InChI is InChI=1S/C6H11NO2/c1-2-4-3-7-5(4)6(8)9/h4-5,7H,2-3H2,1H3,(H,8,9)/t4-,5-/m1/s1. The number of nitrogens with one attached hydrogen (secondary N) is 1. The second-order valence-electron chi connectivity index (χ2n) is 2.39. The minimum atomic E-state index is -0.715. The predicted molar refractivity (Wildman–Crippen MR) is 33.2 cm³/mol. The number of aliphatic carboxylic acids is 1. The van der Waals surface area contributed by atoms with Crippen molar-refractivity contribution in [3.05, 3.63) is 0 Å². The van der Waals surface area contributed by atoms with E-state index in [4.69, 9.17) is 5.11 Å². The maximum Gasteiger partial charge on any atom is 0.321 e. The molecule has 0 unspecified atom stereocenters. The maximum absolute atomic E-state index is 10.3. The molecule has 0 aromatic heterocycles. The summed E-state index contributed by atoms with van der Waals surface area (Å²) in [6.07, 6.45) is 0.962. The summed E-state index contributed by atoms with van der Waals surface area (Å²) in [6.45, 7) is 2.88. The first-order valence-corrected chi connectivity index (χ1v) is 3.22. The average molecular weight is 129 g/mol. The highest BCUT2D eigenvalue weighted by molar-refractivity contribution is 5.75. The van der Waals surface area contributed by atoms with Crippen molar-refractivity contribution in [2.24, 2.45) is 5.92 Å². The number of carboxylic acids is 1. The van der Waals surface area contributed by atoms with E-state index in [1.807, 2.05) is 6.92 Å². The highest BCUT2D eigenvalue weighted by Crippen LogP contribution is 2.16. The molecular weight excluding hydrogens is 118 g/mol. The SMILES string of the molecule is CC[C@@H]1CN[C@H]1C(=O)O. The summed E-state index contributed by atoms with van der Waals surface area (Å²) in [5.41, 5.74) is 0. The van der Waals surface area contributed by atoms with Crippen LogP contribution >= 0.6 is 0 Å². The monoisotopic (exact) mass is 129 g/mol. The van der Waals surface area contributed by atoms with Gasteiger partial charge in [0.05, 0.1) is 0 Å². The van der Waals surface area contributed by atoms with E-state index in [1.165, 1.54) is 0 Å². The van der Waals surface area contributed by atoms with Crippen molar-refractivity contribution in [2.45, 2.75) is 19.4 Å². The first-order valence-electron chi connectivity index (χ1n) is 3.22. The Bertz CT molecular complexity index is 122. The number of hydrogen-bond acceptors (Lipinski definition) is 2. The zero-order valence-corrected chi connectivity index (χ0v) is 5.42. The van der Waals surface area contributed by atoms with Crippen molar-refractivity contribution in [1.29, 1.82) is 0 Å². The van der Waals surface area contributed by atoms with Crippen LogP contribution in [0, 0.1) is 5.92 Å². The minimum absolute atomic E-state index is 0.269. The fourth-order valence-corrected chi connectivity index (χ4v) is 1.07. The molecule has 1 saturated heterocycles. The molecule has 0 aromatic carbocycles. The number of rotatable bonds is 2. The fraction of sp³-hybridized carbons (Fsp3) is 0.833. The molecule has 0 aliphatic carbocycles. The van der Waals surface area contributed by atoms with Gasteiger partial charge >= 0.3 is 5.97 Å². The Morgan fingerprint density at radius 1 is 1.89 bits per heavy atom. The second kappa shape index (κ2) is 2.35. The topological polar surface area (TPSA) is 49.3 Å². The van der Waals surface area contributed by atoms with Crippen molar-refractivity contribution in [2.75, 3.05) is 6.54 Å². The summed E-state index contributed by atoms with van der Waals surface area (Å²) in [4.78, 5) is 10.3. The summed E-state index contributed by atoms with van der Waals surface area (Å²) in [7, 11) is 0. The van der Waals surface area contributed by atoms with Crippen molar-refractivity contribution in [3.63, 3.8) is 0 Å². The summed E-state index contributed by atoms with van der Waals surface area (Å²) in [5.74, 6) is -0.351. The highest BCUT2D eigenvalue weighted by atomic mass is 16.4. The number of carbonyl (C=O) groups is 1. The lowest BCUT2D eigenvalue weighted by atomic mass is 9.90. The van der Waals surface area contributed by atoms with E-state index >= 15 is 0 Å². The van der Waals surface area contributed by atoms with Gasteiger partial charge in [-0.2, -0.15) is 0 Å². The van der Waals surface area contributed by atoms with Gasteiger partial charge in [0.25, 0.3) is 0 Å². The lowest BCUT2D eigenvalue weighted by molar-refractivity contribution is -0.143. The fourth-order valence-electron chi connectivity index (χ4n) is 1.07. The molecule has 3 nitrogen and oxygen atoms in total. The number of carboxylic acid groups (broad SMARTS) is 1. The quantitative estimate of drug-likeness (QED) is 0.554. The minimum Gasteiger partial charge on any atom is -0.480 e. The molecule has 3 heteroatoms. The molecule has 0 spiro atoms. The third-order valence-electron chi connectivity index (χ3n) is 1.86. The molecule has 2 N–H and O–H groups in total. The van der Waals surface area contributed by atoms with Crippen molar-refractivity contribution in [1.82, 2.24) is 5.32 Å². The van der Waals surface area contributed by atoms with Gasteiger partial charge in [0.15, 0.2) is 0 Å². The molecule has 9 heavy (non-hydrogen) atoms. The van der Waals surface area contributed by atoms with E-state index in [0.29, 0.717) is 5.92 Å². The van der Waals surface area contributed by atoms with Crippen LogP contribution in [0.2, 0.25) is 0 Å². The summed E-state index contributed by atoms with van der Waals surface area (Å²) >= 11 is 0. The van der Waals surface area contributed by atoms with Crippen LogP contribution in [0.1, 0.15) is 13.3 Å². The largest absolute Gasteiger partial charge is 0.480 e. The Morgan fingerprint density at radius 3 is 2.67 bits per heavy atom. The Hall–Kier alpha value is -0.570. The van der Waals surface area contributed by atoms with E-state index in [1.54, 1.807) is 0 Å². The second-order valence-corrected chi connectivity index (χ2v) is 2.39. The van der Waals surface area contributed by atoms with E-state index in [0.717, 1.165) is 13.0 Å². The molecule has 1 aliphatic heterocycles. The van der Waals surface area contributed by atoms with Gasteiger partial charge in [-0.05, 0) is 5.92 Å². The molecule has 0 amide bonds. The first kappa shape index (κ1) is 6.55. The highest BCUT2D eigenvalue weighted by Gasteiger charge is 2.34. The number of hydrogen-bond donors (Lipinski definition) is 2. The van der Waals surface area contributed by atoms with Crippen LogP contribution in [0.25, 0.3) is 0 Å². The van der Waals surface area contributed by atoms with Crippen LogP contribution in [0.3, 0.4) is 0 Å². The lowest BCUT2D eigenvalue weighted by Crippen LogP contribution is -2.56. The summed E-state index contributed by atoms with van der Waals surface area (Å²) in [5, 5.41) is 11.3. The van der Waals surface area contributed by atoms with Crippen LogP contribution < -0.4 is 5.32 Å². The molecule has 0 bridgehead atoms. The van der Waals surface area contributed by atoms with Crippen LogP contribution in [-0.2, 0) is 4.79 Å². The lowest BCUT2D eigenvalue weighted by Gasteiger charge is -2.33. The van der Waals surface area contributed by atoms with Crippen LogP contribution in [-0.4, -0.2) is 23.7 Å². The van der Waals surface area contributed by atoms with Gasteiger partial charge in [-0.3, -0.25) is 4.79 Å². The molecule has 1 aliphatic rings. The van der Waals surface area contributed by atoms with E-state index in [9.17, 15) is 4.79 Å². The maximum atomic E-state index is 10.3. The van der Waals surface area contributed by atoms with Gasteiger partial charge in [-0.15, -0.1) is 0 Å². The third kappa shape index (κ3) is 1.05. The van der Waals surface area contributed by atoms with Crippen molar-refractivity contribution < 1.29 is 9.90 Å². The van der Waals surface area contributed by atoms with Gasteiger partial charge < -0.3 is 10.4 Å². The van der Waals surface area contributed by atoms with Gasteiger partial charge in [-0.25, -0.2) is 0 Å². The molecule has 2 atom stereocenters. The van der Waals surface area contributed by atoms with Gasteiger partial charge in [-0.1, -0.05) is 13.3 Å². The van der Waals surface area contributed by atoms with Gasteiger partial charge in [0.2, 0.25) is 0 Å². The molecule has 0 saturated carbocycles. The van der Waals surface area contributed by atoms with E-state index in [2.05, 4.69) is 5.32 Å². The Kier molecular flexibility index (Phi) is 1.71. The molecule has 1 fully saturated rings. The third-order valence-corrected chi connectivity index (χ3v) is 1.86. The molecular formula is C6H11NO2. The van der Waals surface area contributed by atoms with Crippen LogP contribution in [0.15, 0.2) is 0 Å². The van der Waals surface area contributed by atoms with E-state index in [-0.39, 0.29) is 6.04 Å². The van der Waals surface area contributed by atoms with Gasteiger partial charge in [0, 0.05) is 6.54 Å². The molecule has 1 heterocycles. The van der Waals surface area contributed by atoms with E-state index < -0.39 is 5.97 Å². The van der Waals surface area contributed by atoms with Crippen molar-refractivity contribution >= 4 is 5.97 Å². The normalized spacial score (nSPS) is 33.4. The molecule has 0 aromatic rings.